The Balaban J connectivity index is 0. The van der Waals surface area contributed by atoms with Crippen LogP contribution in [0.1, 0.15) is 28.2 Å². The van der Waals surface area contributed by atoms with Gasteiger partial charge in [-0.05, 0) is 17.0 Å². The minimum absolute atomic E-state index is 0. The second-order valence-electron chi connectivity index (χ2n) is 4.92. The molecule has 0 saturated carbocycles. The summed E-state index contributed by atoms with van der Waals surface area (Å²) in [6.45, 7) is 2.19. The minimum atomic E-state index is 0. The molecule has 0 atom stereocenters. The van der Waals surface area contributed by atoms with Crippen LogP contribution in [0.3, 0.4) is 0 Å². The van der Waals surface area contributed by atoms with E-state index in [0.717, 1.165) is 0 Å². The molecule has 0 nitrogen and oxygen atoms in total. The Morgan fingerprint density at radius 1 is 0.652 bits per heavy atom. The van der Waals surface area contributed by atoms with Crippen LogP contribution in [0.4, 0.5) is 0 Å². The SMILES string of the molecule is Cc1ccc[c-]1C(c1ccccc1)c1ccccc1.[Cl-].[Cl-].[Cl-].[Ti+4]. The maximum atomic E-state index is 2.24. The van der Waals surface area contributed by atoms with E-state index in [1.165, 1.54) is 22.3 Å². The summed E-state index contributed by atoms with van der Waals surface area (Å²) in [5.74, 6) is 0.331. The molecule has 0 aliphatic rings. The molecular weight excluding hydrogens is 382 g/mol. The summed E-state index contributed by atoms with van der Waals surface area (Å²) in [7, 11) is 0. The van der Waals surface area contributed by atoms with Crippen molar-refractivity contribution in [3.8, 4) is 0 Å². The summed E-state index contributed by atoms with van der Waals surface area (Å²) in [5, 5.41) is 0. The van der Waals surface area contributed by atoms with E-state index in [1.54, 1.807) is 0 Å². The van der Waals surface area contributed by atoms with Gasteiger partial charge in [-0.15, -0.1) is 5.56 Å². The van der Waals surface area contributed by atoms with Crippen LogP contribution in [-0.2, 0) is 21.7 Å². The summed E-state index contributed by atoms with van der Waals surface area (Å²) in [6.07, 6.45) is 0. The Labute approximate surface area is 172 Å². The maximum absolute atomic E-state index is 2.24. The topological polar surface area (TPSA) is 0 Å². The molecule has 0 heterocycles. The third-order valence-electron chi connectivity index (χ3n) is 3.65. The summed E-state index contributed by atoms with van der Waals surface area (Å²) in [5.41, 5.74) is 5.46. The normalized spacial score (nSPS) is 8.96. The van der Waals surface area contributed by atoms with E-state index < -0.39 is 0 Å². The van der Waals surface area contributed by atoms with E-state index >= 15 is 0 Å². The monoisotopic (exact) mass is 398 g/mol. The summed E-state index contributed by atoms with van der Waals surface area (Å²) in [4.78, 5) is 0. The molecule has 0 amide bonds. The smallest absolute Gasteiger partial charge is 1.00 e. The molecule has 3 aromatic rings. The van der Waals surface area contributed by atoms with E-state index in [-0.39, 0.29) is 58.9 Å². The van der Waals surface area contributed by atoms with Crippen LogP contribution in [0.2, 0.25) is 0 Å². The van der Waals surface area contributed by atoms with Crippen LogP contribution in [0, 0.1) is 6.92 Å². The van der Waals surface area contributed by atoms with Crippen molar-refractivity contribution in [1.29, 1.82) is 0 Å². The third-order valence-corrected chi connectivity index (χ3v) is 3.65. The average Bonchev–Trinajstić information content (AvgIpc) is 2.88. The van der Waals surface area contributed by atoms with Crippen LogP contribution < -0.4 is 37.2 Å². The summed E-state index contributed by atoms with van der Waals surface area (Å²) < 4.78 is 0. The largest absolute Gasteiger partial charge is 4.00 e. The minimum Gasteiger partial charge on any atom is -1.00 e. The van der Waals surface area contributed by atoms with Gasteiger partial charge in [0.25, 0.3) is 0 Å². The molecule has 23 heavy (non-hydrogen) atoms. The zero-order chi connectivity index (χ0) is 13.1. The first kappa shape index (κ1) is 24.6. The summed E-state index contributed by atoms with van der Waals surface area (Å²) in [6, 6.07) is 28.0. The molecule has 0 spiro atoms. The molecule has 3 rings (SSSR count). The Bertz CT molecular complexity index is 611. The zero-order valence-corrected chi connectivity index (χ0v) is 16.5. The summed E-state index contributed by atoms with van der Waals surface area (Å²) >= 11 is 0. The van der Waals surface area contributed by atoms with Crippen molar-refractivity contribution in [3.63, 3.8) is 0 Å². The van der Waals surface area contributed by atoms with Gasteiger partial charge in [-0.25, -0.2) is 12.1 Å². The number of aryl methyl sites for hydroxylation is 1. The predicted molar refractivity (Wildman–Crippen MR) is 80.6 cm³/mol. The van der Waals surface area contributed by atoms with Gasteiger partial charge in [-0.1, -0.05) is 67.6 Å². The van der Waals surface area contributed by atoms with E-state index in [9.17, 15) is 0 Å². The number of halogens is 3. The van der Waals surface area contributed by atoms with Crippen molar-refractivity contribution in [2.45, 2.75) is 12.8 Å². The molecule has 0 radical (unpaired) electrons. The van der Waals surface area contributed by atoms with Gasteiger partial charge in [0.05, 0.1) is 0 Å². The quantitative estimate of drug-likeness (QED) is 0.310. The second kappa shape index (κ2) is 11.8. The van der Waals surface area contributed by atoms with Crippen LogP contribution in [0.25, 0.3) is 0 Å². The molecule has 0 unspecified atom stereocenters. The van der Waals surface area contributed by atoms with Crippen molar-refractivity contribution in [2.24, 2.45) is 0 Å². The van der Waals surface area contributed by atoms with Gasteiger partial charge in [0, 0.05) is 0 Å². The molecule has 4 heteroatoms. The van der Waals surface area contributed by atoms with Crippen molar-refractivity contribution in [3.05, 3.63) is 101 Å². The van der Waals surface area contributed by atoms with Gasteiger partial charge < -0.3 is 37.2 Å². The van der Waals surface area contributed by atoms with E-state index in [1.807, 2.05) is 0 Å². The van der Waals surface area contributed by atoms with E-state index in [4.69, 9.17) is 0 Å². The third kappa shape index (κ3) is 5.74. The molecule has 0 aliphatic carbocycles. The average molecular weight is 400 g/mol. The first-order valence-corrected chi connectivity index (χ1v) is 6.68. The molecule has 0 fully saturated rings. The van der Waals surface area contributed by atoms with Crippen molar-refractivity contribution in [1.82, 2.24) is 0 Å². The molecular formula is C19H17Cl3Ti. The molecule has 0 bridgehead atoms. The second-order valence-corrected chi connectivity index (χ2v) is 4.92. The molecule has 118 valence electrons. The van der Waals surface area contributed by atoms with Gasteiger partial charge in [0.2, 0.25) is 0 Å². The Morgan fingerprint density at radius 3 is 1.43 bits per heavy atom. The van der Waals surface area contributed by atoms with E-state index in [0.29, 0.717) is 5.92 Å². The van der Waals surface area contributed by atoms with E-state index in [2.05, 4.69) is 85.8 Å². The van der Waals surface area contributed by atoms with Crippen molar-refractivity contribution < 1.29 is 58.9 Å². The number of rotatable bonds is 3. The Morgan fingerprint density at radius 2 is 1.09 bits per heavy atom. The van der Waals surface area contributed by atoms with Crippen LogP contribution in [0.5, 0.6) is 0 Å². The Kier molecular flexibility index (Phi) is 12.7. The van der Waals surface area contributed by atoms with Gasteiger partial charge in [-0.2, -0.15) is 11.6 Å². The number of hydrogen-bond acceptors (Lipinski definition) is 0. The molecule has 3 aromatic carbocycles. The molecule has 0 aromatic heterocycles. The van der Waals surface area contributed by atoms with Gasteiger partial charge in [0.15, 0.2) is 0 Å². The molecule has 0 N–H and O–H groups in total. The van der Waals surface area contributed by atoms with Crippen molar-refractivity contribution >= 4 is 0 Å². The number of benzene rings is 2. The predicted octanol–water partition coefficient (Wildman–Crippen LogP) is -4.10. The first-order valence-electron chi connectivity index (χ1n) is 6.68. The first-order chi connectivity index (χ1) is 9.36. The van der Waals surface area contributed by atoms with Crippen LogP contribution >= 0.6 is 0 Å². The fourth-order valence-electron chi connectivity index (χ4n) is 2.69. The molecule has 0 aliphatic heterocycles. The van der Waals surface area contributed by atoms with Gasteiger partial charge in [0.1, 0.15) is 0 Å². The standard InChI is InChI=1S/C19H17.3ClH.Ti/c1-15-9-8-14-18(15)19(16-10-4-2-5-11-16)17-12-6-3-7-13-17;;;;/h2-14,19H,1H3;3*1H;/q-1;;;;+4/p-3. The van der Waals surface area contributed by atoms with Crippen molar-refractivity contribution in [2.75, 3.05) is 0 Å². The maximum Gasteiger partial charge on any atom is 4.00 e. The van der Waals surface area contributed by atoms with Gasteiger partial charge in [-0.3, -0.25) is 0 Å². The van der Waals surface area contributed by atoms with Crippen LogP contribution in [0.15, 0.2) is 78.9 Å². The fraction of sp³-hybridized carbons (Fsp3) is 0.105. The van der Waals surface area contributed by atoms with Crippen LogP contribution in [-0.4, -0.2) is 0 Å². The fourth-order valence-corrected chi connectivity index (χ4v) is 2.69. The van der Waals surface area contributed by atoms with Gasteiger partial charge >= 0.3 is 21.7 Å². The Hall–Kier alpha value is -0.626. The molecule has 0 saturated heterocycles. The number of hydrogen-bond donors (Lipinski definition) is 0. The zero-order valence-electron chi connectivity index (χ0n) is 12.7.